The molecule has 0 aliphatic rings. The van der Waals surface area contributed by atoms with Gasteiger partial charge < -0.3 is 15.1 Å². The van der Waals surface area contributed by atoms with Gasteiger partial charge in [0.05, 0.1) is 12.7 Å². The lowest BCUT2D eigenvalue weighted by Crippen LogP contribution is -2.34. The smallest absolute Gasteiger partial charge is 0.250 e. The normalized spacial score (nSPS) is 13.5. The maximum atomic E-state index is 12.0. The van der Waals surface area contributed by atoms with Crippen LogP contribution in [0.5, 0.6) is 0 Å². The Morgan fingerprint density at radius 3 is 2.45 bits per heavy atom. The summed E-state index contributed by atoms with van der Waals surface area (Å²) in [6.45, 7) is -0.933. The van der Waals surface area contributed by atoms with Gasteiger partial charge in [-0.05, 0) is 23.8 Å². The average molecular weight is 325 g/mol. The molecular formula is C14H19N3O4S. The van der Waals surface area contributed by atoms with E-state index in [2.05, 4.69) is 4.72 Å². The second kappa shape index (κ2) is 7.91. The second-order valence-corrected chi connectivity index (χ2v) is 6.53. The Hall–Kier alpha value is -1.92. The van der Waals surface area contributed by atoms with E-state index < -0.39 is 27.6 Å². The number of rotatable bonds is 7. The van der Waals surface area contributed by atoms with Crippen molar-refractivity contribution >= 4 is 21.8 Å². The molecule has 0 aliphatic heterocycles. The Morgan fingerprint density at radius 1 is 1.41 bits per heavy atom. The molecule has 0 bridgehead atoms. The van der Waals surface area contributed by atoms with E-state index in [4.69, 9.17) is 15.5 Å². The molecule has 0 saturated carbocycles. The van der Waals surface area contributed by atoms with Crippen molar-refractivity contribution in [1.82, 2.24) is 4.72 Å². The molecule has 0 heterocycles. The lowest BCUT2D eigenvalue weighted by atomic mass is 10.2. The fraction of sp³-hybridized carbons (Fsp3) is 0.357. The summed E-state index contributed by atoms with van der Waals surface area (Å²) in [4.78, 5) is 1.43. The number of aliphatic hydroxyl groups excluding tert-OH is 2. The lowest BCUT2D eigenvalue weighted by molar-refractivity contribution is 0.0989. The third kappa shape index (κ3) is 5.13. The number of allylic oxidation sites excluding steroid dienone is 1. The monoisotopic (exact) mass is 325 g/mol. The summed E-state index contributed by atoms with van der Waals surface area (Å²) in [7, 11) is -0.271. The van der Waals surface area contributed by atoms with Gasteiger partial charge in [0.1, 0.15) is 6.07 Å². The van der Waals surface area contributed by atoms with Crippen molar-refractivity contribution in [2.75, 3.05) is 32.1 Å². The van der Waals surface area contributed by atoms with E-state index >= 15 is 0 Å². The number of hydrogen-bond acceptors (Lipinski definition) is 6. The molecule has 120 valence electrons. The Bertz CT molecular complexity index is 660. The average Bonchev–Trinajstić information content (AvgIpc) is 2.50. The van der Waals surface area contributed by atoms with Gasteiger partial charge in [0.2, 0.25) is 0 Å². The molecule has 1 rings (SSSR count). The topological polar surface area (TPSA) is 114 Å². The summed E-state index contributed by atoms with van der Waals surface area (Å²) in [5, 5.41) is 26.9. The van der Waals surface area contributed by atoms with Crippen LogP contribution in [0.2, 0.25) is 0 Å². The zero-order valence-electron chi connectivity index (χ0n) is 12.4. The van der Waals surface area contributed by atoms with Crippen molar-refractivity contribution in [3.63, 3.8) is 0 Å². The van der Waals surface area contributed by atoms with Gasteiger partial charge >= 0.3 is 0 Å². The molecule has 0 fully saturated rings. The van der Waals surface area contributed by atoms with Crippen molar-refractivity contribution in [3.8, 4) is 6.07 Å². The predicted octanol–water partition coefficient (Wildman–Crippen LogP) is -0.110. The van der Waals surface area contributed by atoms with E-state index in [1.165, 1.54) is 6.08 Å². The molecular weight excluding hydrogens is 306 g/mol. The van der Waals surface area contributed by atoms with Crippen LogP contribution in [0.4, 0.5) is 5.69 Å². The van der Waals surface area contributed by atoms with Crippen molar-refractivity contribution in [3.05, 3.63) is 34.7 Å². The van der Waals surface area contributed by atoms with E-state index in [0.29, 0.717) is 5.56 Å². The summed E-state index contributed by atoms with van der Waals surface area (Å²) in [6.07, 6.45) is 0.0294. The lowest BCUT2D eigenvalue weighted by Gasteiger charge is -2.12. The maximum absolute atomic E-state index is 12.0. The number of nitriles is 1. The highest BCUT2D eigenvalue weighted by molar-refractivity contribution is 7.93. The van der Waals surface area contributed by atoms with Gasteiger partial charge in [0.25, 0.3) is 10.0 Å². The van der Waals surface area contributed by atoms with Crippen LogP contribution < -0.4 is 9.62 Å². The highest BCUT2D eigenvalue weighted by Gasteiger charge is 2.18. The predicted molar refractivity (Wildman–Crippen MR) is 84.4 cm³/mol. The summed E-state index contributed by atoms with van der Waals surface area (Å²) in [5.41, 5.74) is 1.51. The highest BCUT2D eigenvalue weighted by Crippen LogP contribution is 2.16. The number of hydrogen-bond donors (Lipinski definition) is 3. The van der Waals surface area contributed by atoms with Gasteiger partial charge in [-0.3, -0.25) is 0 Å². The Kier molecular flexibility index (Phi) is 6.52. The molecule has 1 atom stereocenters. The minimum atomic E-state index is -4.03. The minimum absolute atomic E-state index is 0.364. The molecule has 22 heavy (non-hydrogen) atoms. The van der Waals surface area contributed by atoms with Crippen LogP contribution in [-0.4, -0.2) is 52.0 Å². The number of nitrogens with zero attached hydrogens (tertiary/aromatic N) is 2. The van der Waals surface area contributed by atoms with E-state index in [-0.39, 0.29) is 6.54 Å². The van der Waals surface area contributed by atoms with E-state index in [9.17, 15) is 8.42 Å². The van der Waals surface area contributed by atoms with E-state index in [1.54, 1.807) is 30.3 Å². The second-order valence-electron chi connectivity index (χ2n) is 4.79. The zero-order chi connectivity index (χ0) is 16.8. The number of anilines is 1. The quantitative estimate of drug-likeness (QED) is 0.603. The van der Waals surface area contributed by atoms with Crippen molar-refractivity contribution in [2.24, 2.45) is 0 Å². The van der Waals surface area contributed by atoms with Crippen molar-refractivity contribution in [2.45, 2.75) is 6.10 Å². The Morgan fingerprint density at radius 2 is 2.00 bits per heavy atom. The molecule has 1 aromatic rings. The molecule has 0 spiro atoms. The molecule has 0 aromatic heterocycles. The highest BCUT2D eigenvalue weighted by atomic mass is 32.2. The summed E-state index contributed by atoms with van der Waals surface area (Å²) in [5.74, 6) is 0. The molecule has 0 saturated heterocycles. The molecule has 1 unspecified atom stereocenters. The van der Waals surface area contributed by atoms with Gasteiger partial charge in [-0.1, -0.05) is 12.1 Å². The first-order chi connectivity index (χ1) is 10.3. The number of sulfonamides is 1. The largest absolute Gasteiger partial charge is 0.394 e. The van der Waals surface area contributed by atoms with E-state index in [0.717, 1.165) is 5.69 Å². The van der Waals surface area contributed by atoms with Crippen molar-refractivity contribution < 1.29 is 18.6 Å². The third-order valence-corrected chi connectivity index (χ3v) is 4.16. The zero-order valence-corrected chi connectivity index (χ0v) is 13.2. The summed E-state index contributed by atoms with van der Waals surface area (Å²) >= 11 is 0. The molecule has 0 aliphatic carbocycles. The Balaban J connectivity index is 2.97. The Labute approximate surface area is 130 Å². The van der Waals surface area contributed by atoms with Crippen LogP contribution >= 0.6 is 0 Å². The summed E-state index contributed by atoms with van der Waals surface area (Å²) in [6, 6.07) is 8.63. The molecule has 0 radical (unpaired) electrons. The van der Waals surface area contributed by atoms with Crippen molar-refractivity contribution in [1.29, 1.82) is 5.26 Å². The van der Waals surface area contributed by atoms with Gasteiger partial charge in [-0.25, -0.2) is 13.1 Å². The van der Waals surface area contributed by atoms with E-state index in [1.807, 2.05) is 19.0 Å². The van der Waals surface area contributed by atoms with Crippen LogP contribution in [0.1, 0.15) is 5.56 Å². The van der Waals surface area contributed by atoms with Crippen LogP contribution in [0.15, 0.2) is 29.2 Å². The van der Waals surface area contributed by atoms with Crippen LogP contribution in [-0.2, 0) is 10.0 Å². The number of aliphatic hydroxyl groups is 2. The minimum Gasteiger partial charge on any atom is -0.394 e. The first kappa shape index (κ1) is 18.1. The standard InChI is InChI=1S/C14H19N3O4S/c1-17(2)12-5-3-11(4-6-12)7-14(8-15)22(20,21)16-9-13(19)10-18/h3-7,13,16,18-19H,9-10H2,1-2H3. The number of nitrogens with one attached hydrogen (secondary N) is 1. The van der Waals surface area contributed by atoms with Gasteiger partial charge in [0.15, 0.2) is 4.91 Å². The summed E-state index contributed by atoms with van der Waals surface area (Å²) < 4.78 is 26.0. The molecule has 3 N–H and O–H groups in total. The first-order valence-corrected chi connectivity index (χ1v) is 7.96. The fourth-order valence-electron chi connectivity index (χ4n) is 1.54. The van der Waals surface area contributed by atoms with Crippen LogP contribution in [0, 0.1) is 11.3 Å². The third-order valence-electron chi connectivity index (χ3n) is 2.83. The molecule has 8 heteroatoms. The van der Waals surface area contributed by atoms with Crippen LogP contribution in [0.25, 0.3) is 6.08 Å². The molecule has 1 aromatic carbocycles. The van der Waals surface area contributed by atoms with Gasteiger partial charge in [0, 0.05) is 26.3 Å². The SMILES string of the molecule is CN(C)c1ccc(C=C(C#N)S(=O)(=O)NCC(O)CO)cc1. The van der Waals surface area contributed by atoms with Gasteiger partial charge in [-0.2, -0.15) is 5.26 Å². The maximum Gasteiger partial charge on any atom is 0.250 e. The van der Waals surface area contributed by atoms with Gasteiger partial charge in [-0.15, -0.1) is 0 Å². The fourth-order valence-corrected chi connectivity index (χ4v) is 2.52. The first-order valence-electron chi connectivity index (χ1n) is 6.48. The van der Waals surface area contributed by atoms with Crippen LogP contribution in [0.3, 0.4) is 0 Å². The number of benzene rings is 1. The molecule has 7 nitrogen and oxygen atoms in total. The molecule has 0 amide bonds.